The van der Waals surface area contributed by atoms with E-state index in [1.54, 1.807) is 6.07 Å². The molecule has 0 unspecified atom stereocenters. The van der Waals surface area contributed by atoms with Gasteiger partial charge in [0, 0.05) is 0 Å². The van der Waals surface area contributed by atoms with E-state index in [9.17, 15) is 22.8 Å². The molecule has 1 N–H and O–H groups in total. The van der Waals surface area contributed by atoms with E-state index in [0.29, 0.717) is 0 Å². The van der Waals surface area contributed by atoms with Crippen LogP contribution in [0, 0.1) is 0 Å². The number of amides is 2. The van der Waals surface area contributed by atoms with Crippen molar-refractivity contribution in [2.45, 2.75) is 6.18 Å². The first-order chi connectivity index (χ1) is 11.8. The standard InChI is InChI=1S/C16H9F3N2O3S/c17-16(18,19)9-3-1-4-10(7-9)21-14(23)12(13(22)20-15(21)25)8-11-5-2-6-24-11/h1-8H,(H,20,22,25)/b12-8+. The summed E-state index contributed by atoms with van der Waals surface area (Å²) in [5, 5.41) is 1.99. The summed E-state index contributed by atoms with van der Waals surface area (Å²) in [6.45, 7) is 0. The van der Waals surface area contributed by atoms with Crippen LogP contribution in [0.2, 0.25) is 0 Å². The van der Waals surface area contributed by atoms with E-state index in [1.165, 1.54) is 24.5 Å². The summed E-state index contributed by atoms with van der Waals surface area (Å²) in [6.07, 6.45) is -2.03. The van der Waals surface area contributed by atoms with Crippen molar-refractivity contribution < 1.29 is 27.2 Å². The highest BCUT2D eigenvalue weighted by molar-refractivity contribution is 7.80. The van der Waals surface area contributed by atoms with Crippen molar-refractivity contribution in [2.75, 3.05) is 4.90 Å². The second-order valence-electron chi connectivity index (χ2n) is 5.02. The monoisotopic (exact) mass is 366 g/mol. The van der Waals surface area contributed by atoms with Gasteiger partial charge in [0.1, 0.15) is 11.3 Å². The molecule has 0 atom stereocenters. The molecule has 0 spiro atoms. The Hall–Kier alpha value is -2.94. The zero-order valence-electron chi connectivity index (χ0n) is 12.3. The number of alkyl halides is 3. The van der Waals surface area contributed by atoms with Gasteiger partial charge in [-0.2, -0.15) is 13.2 Å². The number of thiocarbonyl (C=S) groups is 1. The van der Waals surface area contributed by atoms with Crippen molar-refractivity contribution in [1.82, 2.24) is 5.32 Å². The number of carbonyl (C=O) groups excluding carboxylic acids is 2. The van der Waals surface area contributed by atoms with Crippen LogP contribution in [0.5, 0.6) is 0 Å². The Balaban J connectivity index is 2.03. The molecule has 5 nitrogen and oxygen atoms in total. The summed E-state index contributed by atoms with van der Waals surface area (Å²) in [6, 6.07) is 7.19. The highest BCUT2D eigenvalue weighted by Crippen LogP contribution is 2.32. The number of rotatable bonds is 2. The smallest absolute Gasteiger partial charge is 0.416 e. The molecule has 0 radical (unpaired) electrons. The molecule has 1 saturated heterocycles. The first-order valence-corrected chi connectivity index (χ1v) is 7.30. The molecule has 1 aromatic heterocycles. The molecule has 1 aromatic carbocycles. The van der Waals surface area contributed by atoms with Gasteiger partial charge in [-0.15, -0.1) is 0 Å². The molecule has 1 aliphatic heterocycles. The second kappa shape index (κ2) is 6.17. The van der Waals surface area contributed by atoms with E-state index in [1.807, 2.05) is 0 Å². The predicted molar refractivity (Wildman–Crippen MR) is 86.4 cm³/mol. The molecule has 1 fully saturated rings. The second-order valence-corrected chi connectivity index (χ2v) is 5.41. The summed E-state index contributed by atoms with van der Waals surface area (Å²) < 4.78 is 43.7. The van der Waals surface area contributed by atoms with Crippen LogP contribution in [0.1, 0.15) is 11.3 Å². The maximum Gasteiger partial charge on any atom is 0.416 e. The zero-order chi connectivity index (χ0) is 18.2. The average Bonchev–Trinajstić information content (AvgIpc) is 3.04. The minimum absolute atomic E-state index is 0.102. The third kappa shape index (κ3) is 3.31. The molecule has 1 aliphatic rings. The van der Waals surface area contributed by atoms with Gasteiger partial charge in [0.2, 0.25) is 0 Å². The zero-order valence-corrected chi connectivity index (χ0v) is 13.1. The summed E-state index contributed by atoms with van der Waals surface area (Å²) in [5.41, 5.74) is -1.34. The number of carbonyl (C=O) groups is 2. The molecule has 9 heteroatoms. The van der Waals surface area contributed by atoms with Crippen molar-refractivity contribution in [3.8, 4) is 0 Å². The van der Waals surface area contributed by atoms with Gasteiger partial charge in [-0.25, -0.2) is 0 Å². The molecule has 128 valence electrons. The lowest BCUT2D eigenvalue weighted by Crippen LogP contribution is -2.54. The molecular formula is C16H9F3N2O3S. The maximum atomic E-state index is 12.9. The van der Waals surface area contributed by atoms with E-state index < -0.39 is 23.6 Å². The van der Waals surface area contributed by atoms with Crippen LogP contribution in [0.4, 0.5) is 18.9 Å². The molecule has 25 heavy (non-hydrogen) atoms. The van der Waals surface area contributed by atoms with Crippen molar-refractivity contribution in [2.24, 2.45) is 0 Å². The minimum Gasteiger partial charge on any atom is -0.465 e. The highest BCUT2D eigenvalue weighted by Gasteiger charge is 2.36. The van der Waals surface area contributed by atoms with Crippen LogP contribution < -0.4 is 10.2 Å². The number of hydrogen-bond acceptors (Lipinski definition) is 4. The van der Waals surface area contributed by atoms with E-state index >= 15 is 0 Å². The van der Waals surface area contributed by atoms with Gasteiger partial charge in [0.15, 0.2) is 5.11 Å². The molecule has 0 saturated carbocycles. The summed E-state index contributed by atoms with van der Waals surface area (Å²) in [5.74, 6) is -1.35. The van der Waals surface area contributed by atoms with Gasteiger partial charge >= 0.3 is 6.18 Å². The molecule has 2 amide bonds. The van der Waals surface area contributed by atoms with Crippen molar-refractivity contribution in [1.29, 1.82) is 0 Å². The van der Waals surface area contributed by atoms with Gasteiger partial charge in [-0.05, 0) is 48.6 Å². The number of anilines is 1. The number of nitrogens with zero attached hydrogens (tertiary/aromatic N) is 1. The predicted octanol–water partition coefficient (Wildman–Crippen LogP) is 3.13. The van der Waals surface area contributed by atoms with Gasteiger partial charge in [0.25, 0.3) is 11.8 Å². The third-order valence-electron chi connectivity index (χ3n) is 3.36. The fourth-order valence-electron chi connectivity index (χ4n) is 2.23. The highest BCUT2D eigenvalue weighted by atomic mass is 32.1. The van der Waals surface area contributed by atoms with E-state index in [4.69, 9.17) is 16.6 Å². The molecular weight excluding hydrogens is 357 g/mol. The van der Waals surface area contributed by atoms with E-state index in [2.05, 4.69) is 5.32 Å². The Labute approximate surface area is 144 Å². The van der Waals surface area contributed by atoms with Gasteiger partial charge in [-0.3, -0.25) is 19.8 Å². The van der Waals surface area contributed by atoms with Gasteiger partial charge < -0.3 is 4.42 Å². The van der Waals surface area contributed by atoms with Crippen LogP contribution >= 0.6 is 12.2 Å². The van der Waals surface area contributed by atoms with Crippen molar-refractivity contribution in [3.63, 3.8) is 0 Å². The number of halogens is 3. The number of benzene rings is 1. The average molecular weight is 366 g/mol. The van der Waals surface area contributed by atoms with Gasteiger partial charge in [-0.1, -0.05) is 6.07 Å². The van der Waals surface area contributed by atoms with Crippen LogP contribution in [0.15, 0.2) is 52.7 Å². The quantitative estimate of drug-likeness (QED) is 0.504. The first-order valence-electron chi connectivity index (χ1n) is 6.89. The summed E-state index contributed by atoms with van der Waals surface area (Å²) >= 11 is 4.94. The Morgan fingerprint density at radius 3 is 2.56 bits per heavy atom. The lowest BCUT2D eigenvalue weighted by atomic mass is 10.1. The van der Waals surface area contributed by atoms with E-state index in [0.717, 1.165) is 23.1 Å². The molecule has 3 rings (SSSR count). The largest absolute Gasteiger partial charge is 0.465 e. The third-order valence-corrected chi connectivity index (χ3v) is 3.65. The minimum atomic E-state index is -4.58. The van der Waals surface area contributed by atoms with Crippen molar-refractivity contribution in [3.05, 3.63) is 59.6 Å². The number of nitrogens with one attached hydrogen (secondary N) is 1. The Kier molecular flexibility index (Phi) is 4.17. The van der Waals surface area contributed by atoms with Gasteiger partial charge in [0.05, 0.1) is 17.5 Å². The first kappa shape index (κ1) is 16.9. The Bertz CT molecular complexity index is 888. The molecule has 2 heterocycles. The fourth-order valence-corrected chi connectivity index (χ4v) is 2.51. The van der Waals surface area contributed by atoms with Crippen LogP contribution in [-0.4, -0.2) is 16.9 Å². The molecule has 0 aliphatic carbocycles. The molecule has 2 aromatic rings. The molecule has 0 bridgehead atoms. The number of furan rings is 1. The van der Waals surface area contributed by atoms with Crippen LogP contribution in [0.3, 0.4) is 0 Å². The Morgan fingerprint density at radius 2 is 1.92 bits per heavy atom. The number of hydrogen-bond donors (Lipinski definition) is 1. The van der Waals surface area contributed by atoms with Crippen molar-refractivity contribution >= 4 is 40.9 Å². The topological polar surface area (TPSA) is 62.6 Å². The maximum absolute atomic E-state index is 12.9. The summed E-state index contributed by atoms with van der Waals surface area (Å²) in [4.78, 5) is 25.5. The normalized spacial score (nSPS) is 17.2. The van der Waals surface area contributed by atoms with E-state index in [-0.39, 0.29) is 22.1 Å². The SMILES string of the molecule is O=C1NC(=S)N(c2cccc(C(F)(F)F)c2)C(=O)/C1=C/c1ccco1. The lowest BCUT2D eigenvalue weighted by molar-refractivity contribution is -0.137. The fraction of sp³-hybridized carbons (Fsp3) is 0.0625. The van der Waals surface area contributed by atoms with Crippen LogP contribution in [-0.2, 0) is 15.8 Å². The van der Waals surface area contributed by atoms with Crippen LogP contribution in [0.25, 0.3) is 6.08 Å². The Morgan fingerprint density at radius 1 is 1.16 bits per heavy atom. The summed E-state index contributed by atoms with van der Waals surface area (Å²) in [7, 11) is 0. The lowest BCUT2D eigenvalue weighted by Gasteiger charge is -2.29.